The molecule has 29 heavy (non-hydrogen) atoms. The highest BCUT2D eigenvalue weighted by Gasteiger charge is 2.10. The second kappa shape index (κ2) is 11.6. The zero-order valence-electron chi connectivity index (χ0n) is 16.5. The highest BCUT2D eigenvalue weighted by molar-refractivity contribution is 6.30. The number of aromatic nitrogens is 3. The molecule has 0 atom stereocenters. The molecule has 1 aromatic carbocycles. The van der Waals surface area contributed by atoms with E-state index in [1.807, 2.05) is 0 Å². The van der Waals surface area contributed by atoms with Crippen molar-refractivity contribution >= 4 is 35.2 Å². The third-order valence-corrected chi connectivity index (χ3v) is 4.54. The van der Waals surface area contributed by atoms with Gasteiger partial charge >= 0.3 is 5.97 Å². The summed E-state index contributed by atoms with van der Waals surface area (Å²) in [6.07, 6.45) is 4.99. The van der Waals surface area contributed by atoms with Crippen LogP contribution < -0.4 is 9.47 Å². The molecule has 0 unspecified atom stereocenters. The van der Waals surface area contributed by atoms with Crippen LogP contribution in [0.5, 0.6) is 11.5 Å². The van der Waals surface area contributed by atoms with Gasteiger partial charge in [-0.05, 0) is 52.9 Å². The van der Waals surface area contributed by atoms with Gasteiger partial charge < -0.3 is 14.2 Å². The highest BCUT2D eigenvalue weighted by atomic mass is 35.5. The number of nitrogens with zero attached hydrogens (tertiary/aromatic N) is 3. The molecule has 0 N–H and O–H groups in total. The summed E-state index contributed by atoms with van der Waals surface area (Å²) in [5.41, 5.74) is 0.743. The molecule has 2 rings (SSSR count). The van der Waals surface area contributed by atoms with Gasteiger partial charge in [-0.1, -0.05) is 32.8 Å². The molecule has 0 aliphatic carbocycles. The number of carbonyl (C=O) groups excluding carboxylic acids is 1. The number of hydrogen-bond donors (Lipinski definition) is 0. The molecule has 0 saturated carbocycles. The van der Waals surface area contributed by atoms with E-state index in [9.17, 15) is 4.79 Å². The minimum Gasteiger partial charge on any atom is -0.493 e. The van der Waals surface area contributed by atoms with Gasteiger partial charge in [0.1, 0.15) is 6.61 Å². The first kappa shape index (κ1) is 22.9. The summed E-state index contributed by atoms with van der Waals surface area (Å²) in [6.45, 7) is 4.60. The van der Waals surface area contributed by atoms with Crippen molar-refractivity contribution in [3.8, 4) is 11.5 Å². The first-order valence-electron chi connectivity index (χ1n) is 9.16. The van der Waals surface area contributed by atoms with Crippen molar-refractivity contribution in [3.05, 3.63) is 46.2 Å². The van der Waals surface area contributed by atoms with E-state index in [2.05, 4.69) is 28.8 Å². The van der Waals surface area contributed by atoms with Crippen LogP contribution in [0, 0.1) is 5.92 Å². The predicted molar refractivity (Wildman–Crippen MR) is 111 cm³/mol. The fourth-order valence-corrected chi connectivity index (χ4v) is 2.82. The maximum Gasteiger partial charge on any atom is 0.330 e. The predicted octanol–water partition coefficient (Wildman–Crippen LogP) is 4.76. The fourth-order valence-electron chi connectivity index (χ4n) is 2.42. The molecule has 2 aromatic rings. The van der Waals surface area contributed by atoms with Gasteiger partial charge in [-0.15, -0.1) is 0 Å². The quantitative estimate of drug-likeness (QED) is 0.389. The summed E-state index contributed by atoms with van der Waals surface area (Å²) < 4.78 is 16.3. The Morgan fingerprint density at radius 3 is 2.41 bits per heavy atom. The van der Waals surface area contributed by atoms with Crippen LogP contribution in [0.25, 0.3) is 6.08 Å². The van der Waals surface area contributed by atoms with Crippen molar-refractivity contribution in [1.82, 2.24) is 15.0 Å². The molecule has 9 heteroatoms. The summed E-state index contributed by atoms with van der Waals surface area (Å²) in [7, 11) is 1.53. The summed E-state index contributed by atoms with van der Waals surface area (Å²) >= 11 is 11.5. The largest absolute Gasteiger partial charge is 0.493 e. The highest BCUT2D eigenvalue weighted by Crippen LogP contribution is 2.29. The number of carbonyl (C=O) groups is 1. The smallest absolute Gasteiger partial charge is 0.330 e. The Morgan fingerprint density at radius 2 is 1.79 bits per heavy atom. The zero-order chi connectivity index (χ0) is 21.2. The molecule has 0 aliphatic heterocycles. The van der Waals surface area contributed by atoms with E-state index >= 15 is 0 Å². The van der Waals surface area contributed by atoms with E-state index in [1.165, 1.54) is 13.2 Å². The van der Waals surface area contributed by atoms with Crippen LogP contribution >= 0.6 is 23.2 Å². The number of hydrogen-bond acceptors (Lipinski definition) is 7. The number of methoxy groups -OCH3 is 1. The first-order chi connectivity index (χ1) is 13.9. The average Bonchev–Trinajstić information content (AvgIpc) is 2.70. The van der Waals surface area contributed by atoms with Crippen LogP contribution in [-0.2, 0) is 16.1 Å². The molecule has 0 amide bonds. The van der Waals surface area contributed by atoms with Gasteiger partial charge in [-0.2, -0.15) is 15.0 Å². The van der Waals surface area contributed by atoms with E-state index in [4.69, 9.17) is 37.4 Å². The van der Waals surface area contributed by atoms with E-state index in [1.54, 1.807) is 24.3 Å². The van der Waals surface area contributed by atoms with Crippen molar-refractivity contribution in [3.63, 3.8) is 0 Å². The minimum absolute atomic E-state index is 0.0147. The summed E-state index contributed by atoms with van der Waals surface area (Å²) in [6, 6.07) is 5.26. The average molecular weight is 440 g/mol. The van der Waals surface area contributed by atoms with Gasteiger partial charge in [0.05, 0.1) is 13.7 Å². The topological polar surface area (TPSA) is 83.4 Å². The van der Waals surface area contributed by atoms with E-state index in [0.717, 1.165) is 18.4 Å². The second-order valence-corrected chi connectivity index (χ2v) is 6.81. The Morgan fingerprint density at radius 1 is 1.10 bits per heavy atom. The van der Waals surface area contributed by atoms with Crippen LogP contribution in [0.3, 0.4) is 0 Å². The Kier molecular flexibility index (Phi) is 9.15. The van der Waals surface area contributed by atoms with Crippen LogP contribution in [0.2, 0.25) is 10.6 Å². The van der Waals surface area contributed by atoms with Gasteiger partial charge in [-0.3, -0.25) is 0 Å². The van der Waals surface area contributed by atoms with Gasteiger partial charge in [0.25, 0.3) is 0 Å². The third-order valence-electron chi connectivity index (χ3n) is 4.20. The standard InChI is InChI=1S/C20H23Cl2N3O4/c1-4-13(5-2)11-29-18(26)9-7-14-6-8-15(27-3)16(10-14)28-12-17-23-19(21)25-20(22)24-17/h6-10,13H,4-5,11-12H2,1-3H3/b9-7+. The fraction of sp³-hybridized carbons (Fsp3) is 0.400. The van der Waals surface area contributed by atoms with Crippen molar-refractivity contribution in [2.24, 2.45) is 5.92 Å². The molecule has 0 radical (unpaired) electrons. The molecule has 0 fully saturated rings. The minimum atomic E-state index is -0.385. The summed E-state index contributed by atoms with van der Waals surface area (Å²) in [4.78, 5) is 23.5. The maximum absolute atomic E-state index is 11.9. The first-order valence-corrected chi connectivity index (χ1v) is 9.92. The van der Waals surface area contributed by atoms with E-state index in [0.29, 0.717) is 24.0 Å². The lowest BCUT2D eigenvalue weighted by Crippen LogP contribution is -2.11. The number of rotatable bonds is 10. The number of benzene rings is 1. The molecular formula is C20H23Cl2N3O4. The molecule has 7 nitrogen and oxygen atoms in total. The van der Waals surface area contributed by atoms with Crippen molar-refractivity contribution in [2.75, 3.05) is 13.7 Å². The van der Waals surface area contributed by atoms with Gasteiger partial charge in [0.15, 0.2) is 17.3 Å². The molecule has 0 saturated heterocycles. The van der Waals surface area contributed by atoms with Crippen LogP contribution in [0.4, 0.5) is 0 Å². The van der Waals surface area contributed by atoms with E-state index in [-0.39, 0.29) is 29.0 Å². The van der Waals surface area contributed by atoms with Crippen LogP contribution in [-0.4, -0.2) is 34.6 Å². The molecule has 1 aromatic heterocycles. The molecule has 0 bridgehead atoms. The Bertz CT molecular complexity index is 837. The van der Waals surface area contributed by atoms with Crippen molar-refractivity contribution in [2.45, 2.75) is 33.3 Å². The maximum atomic E-state index is 11.9. The van der Waals surface area contributed by atoms with Gasteiger partial charge in [0, 0.05) is 6.08 Å². The van der Waals surface area contributed by atoms with Gasteiger partial charge in [0.2, 0.25) is 10.6 Å². The molecule has 0 spiro atoms. The Labute approximate surface area is 180 Å². The molecule has 156 valence electrons. The lowest BCUT2D eigenvalue weighted by Gasteiger charge is -2.12. The van der Waals surface area contributed by atoms with Gasteiger partial charge in [-0.25, -0.2) is 4.79 Å². The monoisotopic (exact) mass is 439 g/mol. The second-order valence-electron chi connectivity index (χ2n) is 6.13. The van der Waals surface area contributed by atoms with Crippen molar-refractivity contribution < 1.29 is 19.0 Å². The SMILES string of the molecule is CCC(CC)COC(=O)/C=C/c1ccc(OC)c(OCc2nc(Cl)nc(Cl)n2)c1. The molecule has 1 heterocycles. The van der Waals surface area contributed by atoms with Crippen LogP contribution in [0.1, 0.15) is 38.1 Å². The normalized spacial score (nSPS) is 11.1. The number of esters is 1. The lowest BCUT2D eigenvalue weighted by atomic mass is 10.1. The molecular weight excluding hydrogens is 417 g/mol. The lowest BCUT2D eigenvalue weighted by molar-refractivity contribution is -0.139. The zero-order valence-corrected chi connectivity index (χ0v) is 18.0. The van der Waals surface area contributed by atoms with E-state index < -0.39 is 0 Å². The van der Waals surface area contributed by atoms with Crippen molar-refractivity contribution in [1.29, 1.82) is 0 Å². The number of halogens is 2. The number of ether oxygens (including phenoxy) is 3. The Hall–Kier alpha value is -2.38. The summed E-state index contributed by atoms with van der Waals surface area (Å²) in [5, 5.41) is -0.0294. The third kappa shape index (κ3) is 7.51. The molecule has 0 aliphatic rings. The van der Waals surface area contributed by atoms with Crippen LogP contribution in [0.15, 0.2) is 24.3 Å². The Balaban J connectivity index is 2.04. The summed E-state index contributed by atoms with van der Waals surface area (Å²) in [5.74, 6) is 1.25.